The Morgan fingerprint density at radius 3 is 2.87 bits per heavy atom. The number of benzene rings is 1. The number of phenols is 1. The molecule has 0 aliphatic carbocycles. The summed E-state index contributed by atoms with van der Waals surface area (Å²) in [7, 11) is 0. The summed E-state index contributed by atoms with van der Waals surface area (Å²) < 4.78 is 0. The molecule has 0 atom stereocenters. The standard InChI is InChI=1S/C9H8N4O2/c14-7-4-2-1-3-6(7)9(15)11-8-5-10-13-12-8/h1-5,14H,(H2,10,11,12,13,15). The van der Waals surface area contributed by atoms with Crippen molar-refractivity contribution in [2.24, 2.45) is 0 Å². The number of aromatic amines is 1. The molecule has 0 saturated heterocycles. The molecule has 6 heteroatoms. The highest BCUT2D eigenvalue weighted by Gasteiger charge is 2.10. The van der Waals surface area contributed by atoms with Crippen molar-refractivity contribution in [1.82, 2.24) is 15.4 Å². The predicted molar refractivity (Wildman–Crippen MR) is 52.4 cm³/mol. The zero-order chi connectivity index (χ0) is 10.7. The number of H-pyrrole nitrogens is 1. The number of hydrogen-bond acceptors (Lipinski definition) is 4. The van der Waals surface area contributed by atoms with Crippen molar-refractivity contribution in [3.8, 4) is 5.75 Å². The Hall–Kier alpha value is -2.37. The summed E-state index contributed by atoms with van der Waals surface area (Å²) >= 11 is 0. The quantitative estimate of drug-likeness (QED) is 0.673. The van der Waals surface area contributed by atoms with E-state index in [1.54, 1.807) is 12.1 Å². The van der Waals surface area contributed by atoms with Crippen LogP contribution in [0.2, 0.25) is 0 Å². The molecular formula is C9H8N4O2. The number of aromatic nitrogens is 3. The molecule has 0 aliphatic heterocycles. The van der Waals surface area contributed by atoms with Crippen LogP contribution in [0, 0.1) is 0 Å². The number of hydrogen-bond donors (Lipinski definition) is 3. The van der Waals surface area contributed by atoms with Crippen LogP contribution >= 0.6 is 0 Å². The van der Waals surface area contributed by atoms with E-state index >= 15 is 0 Å². The summed E-state index contributed by atoms with van der Waals surface area (Å²) in [6, 6.07) is 6.27. The maximum absolute atomic E-state index is 11.6. The van der Waals surface area contributed by atoms with Crippen LogP contribution in [0.4, 0.5) is 5.82 Å². The van der Waals surface area contributed by atoms with E-state index in [2.05, 4.69) is 20.7 Å². The first-order valence-corrected chi connectivity index (χ1v) is 4.23. The zero-order valence-corrected chi connectivity index (χ0v) is 7.64. The van der Waals surface area contributed by atoms with E-state index in [9.17, 15) is 9.90 Å². The van der Waals surface area contributed by atoms with Crippen LogP contribution in [0.15, 0.2) is 30.5 Å². The molecule has 1 amide bonds. The lowest BCUT2D eigenvalue weighted by Crippen LogP contribution is -2.12. The molecule has 0 aliphatic rings. The van der Waals surface area contributed by atoms with Crippen LogP contribution in [-0.4, -0.2) is 26.4 Å². The second-order valence-corrected chi connectivity index (χ2v) is 2.83. The number of anilines is 1. The maximum atomic E-state index is 11.6. The molecule has 15 heavy (non-hydrogen) atoms. The van der Waals surface area contributed by atoms with Gasteiger partial charge in [-0.15, -0.1) is 5.10 Å². The fraction of sp³-hybridized carbons (Fsp3) is 0. The Bertz CT molecular complexity index is 467. The van der Waals surface area contributed by atoms with Gasteiger partial charge in [0.1, 0.15) is 5.75 Å². The number of nitrogens with zero attached hydrogens (tertiary/aromatic N) is 2. The maximum Gasteiger partial charge on any atom is 0.260 e. The van der Waals surface area contributed by atoms with E-state index in [0.717, 1.165) is 0 Å². The van der Waals surface area contributed by atoms with Crippen LogP contribution in [-0.2, 0) is 0 Å². The third kappa shape index (κ3) is 1.93. The van der Waals surface area contributed by atoms with Gasteiger partial charge in [-0.05, 0) is 12.1 Å². The molecule has 6 nitrogen and oxygen atoms in total. The van der Waals surface area contributed by atoms with Gasteiger partial charge in [0, 0.05) is 0 Å². The highest BCUT2D eigenvalue weighted by atomic mass is 16.3. The third-order valence-corrected chi connectivity index (χ3v) is 1.81. The topological polar surface area (TPSA) is 90.9 Å². The van der Waals surface area contributed by atoms with Gasteiger partial charge in [0.15, 0.2) is 5.82 Å². The predicted octanol–water partition coefficient (Wildman–Crippen LogP) is 0.763. The molecule has 1 aromatic heterocycles. The number of rotatable bonds is 2. The molecule has 0 bridgehead atoms. The van der Waals surface area contributed by atoms with Crippen molar-refractivity contribution in [2.45, 2.75) is 0 Å². The highest BCUT2D eigenvalue weighted by Crippen LogP contribution is 2.16. The molecule has 76 valence electrons. The second-order valence-electron chi connectivity index (χ2n) is 2.83. The summed E-state index contributed by atoms with van der Waals surface area (Å²) in [6.07, 6.45) is 1.44. The van der Waals surface area contributed by atoms with Crippen LogP contribution < -0.4 is 5.32 Å². The molecule has 0 fully saturated rings. The molecule has 2 rings (SSSR count). The summed E-state index contributed by atoms with van der Waals surface area (Å²) in [5.74, 6) is -0.191. The third-order valence-electron chi connectivity index (χ3n) is 1.81. The number of aromatic hydroxyl groups is 1. The minimum absolute atomic E-state index is 0.0708. The van der Waals surface area contributed by atoms with Crippen LogP contribution in [0.1, 0.15) is 10.4 Å². The van der Waals surface area contributed by atoms with Crippen LogP contribution in [0.3, 0.4) is 0 Å². The Labute approximate surface area is 84.9 Å². The van der Waals surface area contributed by atoms with Gasteiger partial charge in [-0.25, -0.2) is 0 Å². The number of para-hydroxylation sites is 1. The van der Waals surface area contributed by atoms with E-state index in [1.165, 1.54) is 18.3 Å². The molecule has 2 aromatic rings. The molecule has 3 N–H and O–H groups in total. The van der Waals surface area contributed by atoms with Crippen LogP contribution in [0.5, 0.6) is 5.75 Å². The minimum Gasteiger partial charge on any atom is -0.507 e. The molecule has 0 spiro atoms. The van der Waals surface area contributed by atoms with Gasteiger partial charge in [0.25, 0.3) is 5.91 Å². The molecule has 1 heterocycles. The average molecular weight is 204 g/mol. The molecule has 1 aromatic carbocycles. The second kappa shape index (κ2) is 3.79. The average Bonchev–Trinajstić information content (AvgIpc) is 2.71. The van der Waals surface area contributed by atoms with Gasteiger partial charge in [-0.1, -0.05) is 17.3 Å². The molecule has 0 saturated carbocycles. The Morgan fingerprint density at radius 2 is 2.20 bits per heavy atom. The fourth-order valence-corrected chi connectivity index (χ4v) is 1.11. The fourth-order valence-electron chi connectivity index (χ4n) is 1.11. The summed E-state index contributed by atoms with van der Waals surface area (Å²) in [5, 5.41) is 21.4. The number of carbonyl (C=O) groups is 1. The molecule has 0 radical (unpaired) electrons. The number of carbonyl (C=O) groups excluding carboxylic acids is 1. The lowest BCUT2D eigenvalue weighted by atomic mass is 10.2. The number of phenolic OH excluding ortho intramolecular Hbond substituents is 1. The Kier molecular flexibility index (Phi) is 2.32. The van der Waals surface area contributed by atoms with Crippen molar-refractivity contribution in [2.75, 3.05) is 5.32 Å². The molecular weight excluding hydrogens is 196 g/mol. The van der Waals surface area contributed by atoms with E-state index in [4.69, 9.17) is 0 Å². The molecule has 0 unspecified atom stereocenters. The van der Waals surface area contributed by atoms with Crippen LogP contribution in [0.25, 0.3) is 0 Å². The zero-order valence-electron chi connectivity index (χ0n) is 7.64. The van der Waals surface area contributed by atoms with Gasteiger partial charge in [-0.2, -0.15) is 0 Å². The van der Waals surface area contributed by atoms with Gasteiger partial charge in [0.05, 0.1) is 11.8 Å². The lowest BCUT2D eigenvalue weighted by Gasteiger charge is -2.02. The van der Waals surface area contributed by atoms with Crippen molar-refractivity contribution < 1.29 is 9.90 Å². The smallest absolute Gasteiger partial charge is 0.260 e. The summed E-state index contributed by atoms with van der Waals surface area (Å²) in [6.45, 7) is 0. The first kappa shape index (κ1) is 9.20. The number of amides is 1. The van der Waals surface area contributed by atoms with Gasteiger partial charge in [-0.3, -0.25) is 9.89 Å². The van der Waals surface area contributed by atoms with Gasteiger partial charge >= 0.3 is 0 Å². The van der Waals surface area contributed by atoms with E-state index < -0.39 is 5.91 Å². The monoisotopic (exact) mass is 204 g/mol. The van der Waals surface area contributed by atoms with E-state index in [-0.39, 0.29) is 11.3 Å². The van der Waals surface area contributed by atoms with Gasteiger partial charge < -0.3 is 10.4 Å². The Balaban J connectivity index is 2.19. The first-order chi connectivity index (χ1) is 7.27. The minimum atomic E-state index is -0.429. The normalized spacial score (nSPS) is 9.87. The van der Waals surface area contributed by atoms with Crippen molar-refractivity contribution in [3.05, 3.63) is 36.0 Å². The first-order valence-electron chi connectivity index (χ1n) is 4.23. The summed E-state index contributed by atoms with van der Waals surface area (Å²) in [5.41, 5.74) is 0.195. The van der Waals surface area contributed by atoms with Crippen molar-refractivity contribution in [1.29, 1.82) is 0 Å². The summed E-state index contributed by atoms with van der Waals surface area (Å²) in [4.78, 5) is 11.6. The number of nitrogens with one attached hydrogen (secondary N) is 2. The Morgan fingerprint density at radius 1 is 1.40 bits per heavy atom. The van der Waals surface area contributed by atoms with Crippen molar-refractivity contribution >= 4 is 11.7 Å². The van der Waals surface area contributed by atoms with E-state index in [0.29, 0.717) is 5.82 Å². The highest BCUT2D eigenvalue weighted by molar-refractivity contribution is 6.05. The van der Waals surface area contributed by atoms with Gasteiger partial charge in [0.2, 0.25) is 0 Å². The SMILES string of the molecule is O=C(Nc1c[nH]nn1)c1ccccc1O. The lowest BCUT2D eigenvalue weighted by molar-refractivity contribution is 0.102. The van der Waals surface area contributed by atoms with Crippen molar-refractivity contribution in [3.63, 3.8) is 0 Å². The van der Waals surface area contributed by atoms with E-state index in [1.807, 2.05) is 0 Å². The largest absolute Gasteiger partial charge is 0.507 e.